The van der Waals surface area contributed by atoms with Crippen molar-refractivity contribution in [3.63, 3.8) is 0 Å². The fraction of sp³-hybridized carbons (Fsp3) is 0.621. The summed E-state index contributed by atoms with van der Waals surface area (Å²) in [5.74, 6) is -4.43. The number of nitrogens with zero attached hydrogens (tertiary/aromatic N) is 2. The number of carboxylic acid groups (broad SMARTS) is 1. The van der Waals surface area contributed by atoms with Crippen molar-refractivity contribution in [1.82, 2.24) is 19.8 Å². The molecule has 44 heavy (non-hydrogen) atoms. The quantitative estimate of drug-likeness (QED) is 0.154. The van der Waals surface area contributed by atoms with Crippen molar-refractivity contribution in [1.29, 1.82) is 0 Å². The third-order valence-electron chi connectivity index (χ3n) is 7.74. The molecule has 0 aromatic heterocycles. The number of unbranched alkanes of at least 4 members (excludes halogenated alkanes) is 1. The molecule has 3 rings (SSSR count). The summed E-state index contributed by atoms with van der Waals surface area (Å²) in [7, 11) is -3.85. The number of ether oxygens (including phenoxy) is 1. The Morgan fingerprint density at radius 2 is 1.70 bits per heavy atom. The molecule has 1 aromatic carbocycles. The van der Waals surface area contributed by atoms with Gasteiger partial charge in [-0.3, -0.25) is 14.4 Å². The zero-order chi connectivity index (χ0) is 32.3. The molecule has 244 valence electrons. The number of nitrogens with one attached hydrogen (secondary N) is 2. The molecule has 3 amide bonds. The first-order chi connectivity index (χ1) is 20.9. The first-order valence-electron chi connectivity index (χ1n) is 14.9. The van der Waals surface area contributed by atoms with Gasteiger partial charge in [0.15, 0.2) is 0 Å². The Bertz CT molecular complexity index is 1270. The van der Waals surface area contributed by atoms with Gasteiger partial charge in [0.2, 0.25) is 21.8 Å². The van der Waals surface area contributed by atoms with Gasteiger partial charge < -0.3 is 30.7 Å². The molecule has 0 unspecified atom stereocenters. The normalized spacial score (nSPS) is 20.0. The number of Topliss-reactive ketones (excluding diaryl/α,β-unsaturated/α-hetero) is 1. The number of carbonyl (C=O) groups is 5. The van der Waals surface area contributed by atoms with Gasteiger partial charge in [0.1, 0.15) is 18.2 Å². The first kappa shape index (κ1) is 34.9. The lowest BCUT2D eigenvalue weighted by molar-refractivity contribution is -0.151. The Labute approximate surface area is 257 Å². The van der Waals surface area contributed by atoms with Crippen LogP contribution in [0.3, 0.4) is 0 Å². The monoisotopic (exact) mass is 637 g/mol. The Hall–Kier alpha value is -3.56. The fourth-order valence-electron chi connectivity index (χ4n) is 5.49. The smallest absolute Gasteiger partial charge is 0.410 e. The molecule has 0 saturated carbocycles. The van der Waals surface area contributed by atoms with Crippen LogP contribution >= 0.6 is 0 Å². The summed E-state index contributed by atoms with van der Waals surface area (Å²) in [6, 6.07) is 5.31. The van der Waals surface area contributed by atoms with Crippen molar-refractivity contribution in [2.75, 3.05) is 32.4 Å². The maximum Gasteiger partial charge on any atom is 0.410 e. The number of sulfonamides is 1. The highest BCUT2D eigenvalue weighted by atomic mass is 32.2. The van der Waals surface area contributed by atoms with Gasteiger partial charge >= 0.3 is 12.1 Å². The minimum absolute atomic E-state index is 0.0252. The van der Waals surface area contributed by atoms with Crippen LogP contribution in [-0.2, 0) is 40.4 Å². The third-order valence-corrected chi connectivity index (χ3v) is 8.45. The summed E-state index contributed by atoms with van der Waals surface area (Å²) < 4.78 is 32.5. The molecule has 5 N–H and O–H groups in total. The second kappa shape index (κ2) is 16.5. The zero-order valence-electron chi connectivity index (χ0n) is 25.0. The van der Waals surface area contributed by atoms with Crippen LogP contribution in [0.15, 0.2) is 30.3 Å². The van der Waals surface area contributed by atoms with E-state index in [0.29, 0.717) is 38.9 Å². The van der Waals surface area contributed by atoms with E-state index >= 15 is 0 Å². The topological polar surface area (TPSA) is 206 Å². The Morgan fingerprint density at radius 3 is 2.32 bits per heavy atom. The molecule has 2 fully saturated rings. The fourth-order valence-corrected chi connectivity index (χ4v) is 6.23. The molecule has 0 aliphatic carbocycles. The second-order valence-electron chi connectivity index (χ2n) is 11.3. The number of nitrogens with two attached hydrogens (primary N) is 1. The highest BCUT2D eigenvalue weighted by Crippen LogP contribution is 2.25. The van der Waals surface area contributed by atoms with Crippen LogP contribution in [0.25, 0.3) is 0 Å². The summed E-state index contributed by atoms with van der Waals surface area (Å²) in [5.41, 5.74) is 6.39. The molecular weight excluding hydrogens is 594 g/mol. The van der Waals surface area contributed by atoms with Crippen molar-refractivity contribution >= 4 is 39.7 Å². The number of benzene rings is 1. The molecule has 0 bridgehead atoms. The molecule has 2 aliphatic heterocycles. The molecule has 4 atom stereocenters. The van der Waals surface area contributed by atoms with E-state index in [1.54, 1.807) is 4.90 Å². The summed E-state index contributed by atoms with van der Waals surface area (Å²) in [4.78, 5) is 67.0. The van der Waals surface area contributed by atoms with Crippen molar-refractivity contribution in [2.24, 2.45) is 5.73 Å². The van der Waals surface area contributed by atoms with Crippen LogP contribution in [0, 0.1) is 0 Å². The number of hydrogen-bond donors (Lipinski definition) is 4. The van der Waals surface area contributed by atoms with Crippen LogP contribution in [0.5, 0.6) is 0 Å². The van der Waals surface area contributed by atoms with Gasteiger partial charge in [-0.1, -0.05) is 30.3 Å². The van der Waals surface area contributed by atoms with E-state index in [1.807, 2.05) is 30.3 Å². The molecule has 0 spiro atoms. The van der Waals surface area contributed by atoms with Crippen LogP contribution in [0.4, 0.5) is 4.79 Å². The molecule has 1 aromatic rings. The van der Waals surface area contributed by atoms with Crippen molar-refractivity contribution in [2.45, 2.75) is 82.0 Å². The van der Waals surface area contributed by atoms with Crippen LogP contribution in [0.1, 0.15) is 56.9 Å². The lowest BCUT2D eigenvalue weighted by atomic mass is 10.0. The highest BCUT2D eigenvalue weighted by molar-refractivity contribution is 7.88. The number of amides is 3. The standard InChI is InChI=1S/C29H43N5O9S/c1-44(41,42)32-23(14-13-20-10-4-2-5-11-20)27(37)34-19-21(43-29(40)33-16-8-3-9-17-33)18-24(34)26(36)31-22(12-6-7-15-30)25(35)28(38)39/h2,4-5,10-11,21-24,32H,3,6-9,12-19,30H2,1H3,(H,31,36)(H,38,39)/t21-,22+,23-,24+/m1/s1. The minimum Gasteiger partial charge on any atom is -0.475 e. The molecular formula is C29H43N5O9S. The van der Waals surface area contributed by atoms with Gasteiger partial charge in [0.05, 0.1) is 18.8 Å². The Kier molecular flexibility index (Phi) is 13.1. The van der Waals surface area contributed by atoms with Crippen molar-refractivity contribution in [3.05, 3.63) is 35.9 Å². The van der Waals surface area contributed by atoms with Gasteiger partial charge in [-0.05, 0) is 63.5 Å². The summed E-state index contributed by atoms with van der Waals surface area (Å²) >= 11 is 0. The maximum absolute atomic E-state index is 13.9. The molecule has 2 aliphatic rings. The number of likely N-dealkylation sites (tertiary alicyclic amines) is 2. The molecule has 0 radical (unpaired) electrons. The van der Waals surface area contributed by atoms with E-state index in [9.17, 15) is 37.5 Å². The average molecular weight is 638 g/mol. The first-order valence-corrected chi connectivity index (χ1v) is 16.8. The number of aryl methyl sites for hydroxylation is 1. The number of rotatable bonds is 15. The number of ketones is 1. The van der Waals surface area contributed by atoms with Gasteiger partial charge in [-0.25, -0.2) is 22.7 Å². The molecule has 2 heterocycles. The summed E-state index contributed by atoms with van der Waals surface area (Å²) in [6.07, 6.45) is 3.36. The number of piperidine rings is 1. The maximum atomic E-state index is 13.9. The molecule has 2 saturated heterocycles. The van der Waals surface area contributed by atoms with Crippen molar-refractivity contribution in [3.8, 4) is 0 Å². The SMILES string of the molecule is CS(=O)(=O)N[C@H](CCc1ccccc1)C(=O)N1C[C@H](OC(=O)N2CCCCC2)C[C@H]1C(=O)N[C@@H](CCCCN)C(=O)C(=O)O. The van der Waals surface area contributed by atoms with E-state index in [-0.39, 0.29) is 25.8 Å². The van der Waals surface area contributed by atoms with E-state index in [2.05, 4.69) is 10.0 Å². The largest absolute Gasteiger partial charge is 0.475 e. The van der Waals surface area contributed by atoms with Crippen LogP contribution in [-0.4, -0.2) is 110 Å². The lowest BCUT2D eigenvalue weighted by Gasteiger charge is -2.29. The number of hydrogen-bond acceptors (Lipinski definition) is 9. The second-order valence-corrected chi connectivity index (χ2v) is 13.1. The number of carboxylic acids is 1. The number of carbonyl (C=O) groups excluding carboxylic acids is 4. The third kappa shape index (κ3) is 10.6. The Morgan fingerprint density at radius 1 is 1.02 bits per heavy atom. The van der Waals surface area contributed by atoms with Gasteiger partial charge in [-0.15, -0.1) is 0 Å². The van der Waals surface area contributed by atoms with Gasteiger partial charge in [0, 0.05) is 19.5 Å². The van der Waals surface area contributed by atoms with E-state index in [1.165, 1.54) is 0 Å². The lowest BCUT2D eigenvalue weighted by Crippen LogP contribution is -2.55. The van der Waals surface area contributed by atoms with Gasteiger partial charge in [0.25, 0.3) is 5.78 Å². The summed E-state index contributed by atoms with van der Waals surface area (Å²) in [5, 5.41) is 11.8. The van der Waals surface area contributed by atoms with Gasteiger partial charge in [-0.2, -0.15) is 0 Å². The predicted molar refractivity (Wildman–Crippen MR) is 160 cm³/mol. The highest BCUT2D eigenvalue weighted by Gasteiger charge is 2.45. The van der Waals surface area contributed by atoms with E-state index < -0.39 is 63.9 Å². The zero-order valence-corrected chi connectivity index (χ0v) is 25.8. The Balaban J connectivity index is 1.85. The molecule has 15 heteroatoms. The molecule has 14 nitrogen and oxygen atoms in total. The van der Waals surface area contributed by atoms with E-state index in [4.69, 9.17) is 10.5 Å². The minimum atomic E-state index is -3.85. The van der Waals surface area contributed by atoms with E-state index in [0.717, 1.165) is 36.0 Å². The summed E-state index contributed by atoms with van der Waals surface area (Å²) in [6.45, 7) is 1.18. The van der Waals surface area contributed by atoms with Crippen molar-refractivity contribution < 1.29 is 42.2 Å². The van der Waals surface area contributed by atoms with Crippen LogP contribution in [0.2, 0.25) is 0 Å². The predicted octanol–water partition coefficient (Wildman–Crippen LogP) is 0.397. The average Bonchev–Trinajstić information content (AvgIpc) is 3.42. The number of aliphatic carboxylic acids is 1. The van der Waals surface area contributed by atoms with Crippen LogP contribution < -0.4 is 15.8 Å².